The van der Waals surface area contributed by atoms with Gasteiger partial charge in [0.05, 0.1) is 6.21 Å². The third-order valence-corrected chi connectivity index (χ3v) is 5.26. The van der Waals surface area contributed by atoms with Gasteiger partial charge in [-0.3, -0.25) is 14.6 Å². The van der Waals surface area contributed by atoms with Crippen molar-refractivity contribution in [2.75, 3.05) is 18.5 Å². The Hall–Kier alpha value is -4.24. The highest BCUT2D eigenvalue weighted by atomic mass is 79.9. The van der Waals surface area contributed by atoms with Crippen molar-refractivity contribution in [2.24, 2.45) is 5.10 Å². The summed E-state index contributed by atoms with van der Waals surface area (Å²) in [5.74, 6) is 0.408. The second-order valence-corrected chi connectivity index (χ2v) is 8.24. The molecule has 1 heterocycles. The molecule has 35 heavy (non-hydrogen) atoms. The van der Waals surface area contributed by atoms with Crippen LogP contribution in [0.15, 0.2) is 94.6 Å². The number of benzene rings is 3. The monoisotopic (exact) mass is 532 g/mol. The van der Waals surface area contributed by atoms with Crippen molar-refractivity contribution < 1.29 is 19.1 Å². The Morgan fingerprint density at radius 2 is 1.63 bits per heavy atom. The van der Waals surface area contributed by atoms with E-state index >= 15 is 0 Å². The number of pyridine rings is 1. The van der Waals surface area contributed by atoms with E-state index in [9.17, 15) is 9.59 Å². The van der Waals surface area contributed by atoms with Gasteiger partial charge >= 0.3 is 0 Å². The summed E-state index contributed by atoms with van der Waals surface area (Å²) in [5, 5.41) is 7.63. The van der Waals surface area contributed by atoms with Crippen LogP contribution in [0.25, 0.3) is 10.9 Å². The van der Waals surface area contributed by atoms with Crippen molar-refractivity contribution >= 4 is 50.5 Å². The van der Waals surface area contributed by atoms with Crippen LogP contribution in [0.3, 0.4) is 0 Å². The van der Waals surface area contributed by atoms with Crippen LogP contribution in [-0.2, 0) is 9.59 Å². The number of anilines is 1. The first kappa shape index (κ1) is 23.9. The molecular weight excluding hydrogens is 512 g/mol. The molecule has 9 heteroatoms. The number of carbonyl (C=O) groups excluding carboxylic acids is 2. The van der Waals surface area contributed by atoms with Crippen LogP contribution in [0.2, 0.25) is 0 Å². The summed E-state index contributed by atoms with van der Waals surface area (Å²) in [7, 11) is 0. The highest BCUT2D eigenvalue weighted by Gasteiger charge is 2.06. The number of ether oxygens (including phenoxy) is 2. The highest BCUT2D eigenvalue weighted by Crippen LogP contribution is 2.22. The first-order valence-electron chi connectivity index (χ1n) is 10.6. The topological polar surface area (TPSA) is 102 Å². The molecule has 0 atom stereocenters. The standard InChI is InChI=1S/C26H21BrN4O4/c27-20-8-10-21(11-9-20)30-24(32)16-34-22-12-6-18(7-13-22)15-29-31-25(33)17-35-23-5-1-3-19-4-2-14-28-26(19)23/h1-15H,16-17H2,(H,30,32)(H,31,33)/b29-15-. The zero-order chi connectivity index (χ0) is 24.5. The number of hydrogen-bond donors (Lipinski definition) is 2. The molecule has 0 saturated carbocycles. The molecule has 4 rings (SSSR count). The second-order valence-electron chi connectivity index (χ2n) is 7.33. The summed E-state index contributed by atoms with van der Waals surface area (Å²) in [6, 6.07) is 23.5. The number of hydrazone groups is 1. The van der Waals surface area contributed by atoms with Crippen molar-refractivity contribution in [1.29, 1.82) is 0 Å². The Bertz CT molecular complexity index is 1340. The van der Waals surface area contributed by atoms with E-state index in [1.807, 2.05) is 36.4 Å². The van der Waals surface area contributed by atoms with Crippen LogP contribution >= 0.6 is 15.9 Å². The van der Waals surface area contributed by atoms with Gasteiger partial charge < -0.3 is 14.8 Å². The zero-order valence-corrected chi connectivity index (χ0v) is 20.1. The van der Waals surface area contributed by atoms with Gasteiger partial charge in [0.15, 0.2) is 13.2 Å². The van der Waals surface area contributed by atoms with Gasteiger partial charge in [0.2, 0.25) is 0 Å². The van der Waals surface area contributed by atoms with Gasteiger partial charge in [-0.1, -0.05) is 34.1 Å². The summed E-state index contributed by atoms with van der Waals surface area (Å²) >= 11 is 3.35. The lowest BCUT2D eigenvalue weighted by molar-refractivity contribution is -0.123. The molecule has 0 aliphatic heterocycles. The smallest absolute Gasteiger partial charge is 0.277 e. The average Bonchev–Trinajstić information content (AvgIpc) is 2.88. The minimum atomic E-state index is -0.397. The number of para-hydroxylation sites is 1. The fraction of sp³-hybridized carbons (Fsp3) is 0.0769. The number of aromatic nitrogens is 1. The number of hydrogen-bond acceptors (Lipinski definition) is 6. The molecule has 0 saturated heterocycles. The molecular formula is C26H21BrN4O4. The Labute approximate surface area is 210 Å². The van der Waals surface area contributed by atoms with Crippen molar-refractivity contribution in [3.63, 3.8) is 0 Å². The predicted molar refractivity (Wildman–Crippen MR) is 138 cm³/mol. The Kier molecular flexibility index (Phi) is 8.03. The normalized spacial score (nSPS) is 10.8. The molecule has 0 aliphatic carbocycles. The Balaban J connectivity index is 1.20. The van der Waals surface area contributed by atoms with Crippen LogP contribution in [0.5, 0.6) is 11.5 Å². The number of carbonyl (C=O) groups is 2. The number of nitrogens with one attached hydrogen (secondary N) is 2. The van der Waals surface area contributed by atoms with E-state index in [1.54, 1.807) is 48.7 Å². The second kappa shape index (κ2) is 11.8. The van der Waals surface area contributed by atoms with E-state index < -0.39 is 5.91 Å². The maximum Gasteiger partial charge on any atom is 0.277 e. The van der Waals surface area contributed by atoms with Gasteiger partial charge in [-0.2, -0.15) is 5.10 Å². The minimum absolute atomic E-state index is 0.119. The van der Waals surface area contributed by atoms with Gasteiger partial charge in [-0.15, -0.1) is 0 Å². The van der Waals surface area contributed by atoms with Crippen LogP contribution < -0.4 is 20.2 Å². The van der Waals surface area contributed by atoms with E-state index in [0.29, 0.717) is 22.7 Å². The number of fused-ring (bicyclic) bond motifs is 1. The fourth-order valence-electron chi connectivity index (χ4n) is 3.08. The third kappa shape index (κ3) is 7.12. The lowest BCUT2D eigenvalue weighted by atomic mass is 10.2. The molecule has 2 N–H and O–H groups in total. The van der Waals surface area contributed by atoms with Gasteiger partial charge in [-0.05, 0) is 66.2 Å². The van der Waals surface area contributed by atoms with Crippen molar-refractivity contribution in [3.05, 3.63) is 95.1 Å². The highest BCUT2D eigenvalue weighted by molar-refractivity contribution is 9.10. The van der Waals surface area contributed by atoms with E-state index in [4.69, 9.17) is 9.47 Å². The number of rotatable bonds is 9. The number of halogens is 1. The average molecular weight is 533 g/mol. The molecule has 0 fully saturated rings. The van der Waals surface area contributed by atoms with Gasteiger partial charge in [0, 0.05) is 21.7 Å². The summed E-state index contributed by atoms with van der Waals surface area (Å²) < 4.78 is 12.0. The van der Waals surface area contributed by atoms with Crippen LogP contribution in [0.1, 0.15) is 5.56 Å². The molecule has 3 aromatic carbocycles. The van der Waals surface area contributed by atoms with E-state index in [-0.39, 0.29) is 19.1 Å². The fourth-order valence-corrected chi connectivity index (χ4v) is 3.34. The molecule has 0 aliphatic rings. The van der Waals surface area contributed by atoms with Crippen LogP contribution in [0.4, 0.5) is 5.69 Å². The van der Waals surface area contributed by atoms with E-state index in [1.165, 1.54) is 6.21 Å². The van der Waals surface area contributed by atoms with Gasteiger partial charge in [-0.25, -0.2) is 5.43 Å². The molecule has 0 bridgehead atoms. The lowest BCUT2D eigenvalue weighted by Gasteiger charge is -2.08. The van der Waals surface area contributed by atoms with E-state index in [2.05, 4.69) is 36.8 Å². The first-order chi connectivity index (χ1) is 17.1. The van der Waals surface area contributed by atoms with Crippen LogP contribution in [0, 0.1) is 0 Å². The molecule has 0 spiro atoms. The van der Waals surface area contributed by atoms with Gasteiger partial charge in [0.25, 0.3) is 11.8 Å². The third-order valence-electron chi connectivity index (χ3n) is 4.74. The molecule has 1 aromatic heterocycles. The number of amides is 2. The van der Waals surface area contributed by atoms with Crippen LogP contribution in [-0.4, -0.2) is 36.2 Å². The van der Waals surface area contributed by atoms with Crippen molar-refractivity contribution in [1.82, 2.24) is 10.4 Å². The first-order valence-corrected chi connectivity index (χ1v) is 11.4. The minimum Gasteiger partial charge on any atom is -0.484 e. The van der Waals surface area contributed by atoms with Crippen molar-refractivity contribution in [3.8, 4) is 11.5 Å². The molecule has 2 amide bonds. The Morgan fingerprint density at radius 1 is 0.886 bits per heavy atom. The molecule has 176 valence electrons. The van der Waals surface area contributed by atoms with Crippen molar-refractivity contribution in [2.45, 2.75) is 0 Å². The summed E-state index contributed by atoms with van der Waals surface area (Å²) in [4.78, 5) is 28.4. The molecule has 4 aromatic rings. The summed E-state index contributed by atoms with van der Waals surface area (Å²) in [6.45, 7) is -0.312. The van der Waals surface area contributed by atoms with Gasteiger partial charge in [0.1, 0.15) is 17.0 Å². The molecule has 8 nitrogen and oxygen atoms in total. The summed E-state index contributed by atoms with van der Waals surface area (Å²) in [6.07, 6.45) is 3.18. The van der Waals surface area contributed by atoms with E-state index in [0.717, 1.165) is 15.4 Å². The zero-order valence-electron chi connectivity index (χ0n) is 18.5. The lowest BCUT2D eigenvalue weighted by Crippen LogP contribution is -2.24. The number of nitrogens with zero attached hydrogens (tertiary/aromatic N) is 2. The maximum atomic E-state index is 12.1. The maximum absolute atomic E-state index is 12.1. The quantitative estimate of drug-likeness (QED) is 0.243. The SMILES string of the molecule is O=C(COc1cccc2cccnc12)N/N=C\c1ccc(OCC(=O)Nc2ccc(Br)cc2)cc1. The Morgan fingerprint density at radius 3 is 2.43 bits per heavy atom. The molecule has 0 radical (unpaired) electrons. The summed E-state index contributed by atoms with van der Waals surface area (Å²) in [5.41, 5.74) is 4.56. The largest absolute Gasteiger partial charge is 0.484 e. The molecule has 0 unspecified atom stereocenters. The predicted octanol–water partition coefficient (Wildman–Crippen LogP) is 4.54.